The summed E-state index contributed by atoms with van der Waals surface area (Å²) >= 11 is 0. The van der Waals surface area contributed by atoms with Crippen LogP contribution in [0.5, 0.6) is 23.0 Å². The van der Waals surface area contributed by atoms with Crippen molar-refractivity contribution in [3.8, 4) is 23.0 Å². The van der Waals surface area contributed by atoms with Crippen molar-refractivity contribution in [3.05, 3.63) is 48.0 Å². The van der Waals surface area contributed by atoms with Gasteiger partial charge in [-0.3, -0.25) is 4.79 Å². The molecule has 0 aliphatic heterocycles. The van der Waals surface area contributed by atoms with Crippen molar-refractivity contribution < 1.29 is 33.3 Å². The molecule has 0 saturated heterocycles. The van der Waals surface area contributed by atoms with Gasteiger partial charge in [0, 0.05) is 17.7 Å². The summed E-state index contributed by atoms with van der Waals surface area (Å²) in [5.41, 5.74) is 1.04. The maximum atomic E-state index is 12.4. The number of carbonyl (C=O) groups is 2. The van der Waals surface area contributed by atoms with Crippen molar-refractivity contribution in [2.45, 2.75) is 13.0 Å². The lowest BCUT2D eigenvalue weighted by Gasteiger charge is -2.15. The van der Waals surface area contributed by atoms with Crippen LogP contribution in [0.1, 0.15) is 12.5 Å². The fourth-order valence-corrected chi connectivity index (χ4v) is 2.54. The van der Waals surface area contributed by atoms with Crippen LogP contribution in [-0.4, -0.2) is 46.4 Å². The summed E-state index contributed by atoms with van der Waals surface area (Å²) < 4.78 is 26.0. The van der Waals surface area contributed by atoms with Gasteiger partial charge in [-0.15, -0.1) is 0 Å². The zero-order chi connectivity index (χ0) is 22.1. The molecule has 1 unspecified atom stereocenters. The smallest absolute Gasteiger partial charge is 0.331 e. The molecule has 0 spiro atoms. The van der Waals surface area contributed by atoms with E-state index in [1.54, 1.807) is 43.5 Å². The van der Waals surface area contributed by atoms with Gasteiger partial charge in [0.05, 0.1) is 34.1 Å². The van der Waals surface area contributed by atoms with Gasteiger partial charge in [-0.25, -0.2) is 4.79 Å². The maximum absolute atomic E-state index is 12.4. The quantitative estimate of drug-likeness (QED) is 0.496. The number of anilines is 1. The van der Waals surface area contributed by atoms with E-state index in [0.29, 0.717) is 34.2 Å². The van der Waals surface area contributed by atoms with E-state index >= 15 is 0 Å². The first-order chi connectivity index (χ1) is 14.4. The fourth-order valence-electron chi connectivity index (χ4n) is 2.54. The Morgan fingerprint density at radius 3 is 2.07 bits per heavy atom. The second-order valence-corrected chi connectivity index (χ2v) is 6.08. The number of methoxy groups -OCH3 is 4. The van der Waals surface area contributed by atoms with Gasteiger partial charge in [0.25, 0.3) is 5.91 Å². The minimum Gasteiger partial charge on any atom is -0.497 e. The van der Waals surface area contributed by atoms with Crippen molar-refractivity contribution in [1.29, 1.82) is 0 Å². The van der Waals surface area contributed by atoms with Gasteiger partial charge >= 0.3 is 5.97 Å². The highest BCUT2D eigenvalue weighted by Gasteiger charge is 2.19. The molecule has 0 fully saturated rings. The molecule has 0 bridgehead atoms. The molecular weight excluding hydrogens is 390 g/mol. The Morgan fingerprint density at radius 2 is 1.47 bits per heavy atom. The average molecular weight is 415 g/mol. The molecule has 0 aromatic heterocycles. The van der Waals surface area contributed by atoms with Crippen molar-refractivity contribution >= 4 is 23.6 Å². The molecule has 8 heteroatoms. The van der Waals surface area contributed by atoms with E-state index in [1.165, 1.54) is 40.4 Å². The van der Waals surface area contributed by atoms with Crippen molar-refractivity contribution in [3.63, 3.8) is 0 Å². The Kier molecular flexibility index (Phi) is 8.10. The fraction of sp³-hybridized carbons (Fsp3) is 0.273. The average Bonchev–Trinajstić information content (AvgIpc) is 2.77. The van der Waals surface area contributed by atoms with Gasteiger partial charge in [0.15, 0.2) is 6.10 Å². The Bertz CT molecular complexity index is 924. The summed E-state index contributed by atoms with van der Waals surface area (Å²) in [7, 11) is 6.07. The zero-order valence-corrected chi connectivity index (χ0v) is 17.6. The standard InChI is InChI=1S/C22H25NO7/c1-14(22(25)23-18-13-17(27-3)8-10-20(18)29-5)30-21(24)11-6-15-12-16(26-2)7-9-19(15)28-4/h6-14H,1-5H3,(H,23,25)/b11-6+. The van der Waals surface area contributed by atoms with Crippen LogP contribution < -0.4 is 24.3 Å². The third-order valence-corrected chi connectivity index (χ3v) is 4.16. The normalized spacial score (nSPS) is 11.5. The molecular formula is C22H25NO7. The van der Waals surface area contributed by atoms with Crippen LogP contribution in [0.15, 0.2) is 42.5 Å². The SMILES string of the molecule is COc1ccc(OC)c(/C=C/C(=O)OC(C)C(=O)Nc2cc(OC)ccc2OC)c1. The molecule has 1 atom stereocenters. The number of hydrogen-bond acceptors (Lipinski definition) is 7. The number of nitrogens with one attached hydrogen (secondary N) is 1. The number of hydrogen-bond donors (Lipinski definition) is 1. The molecule has 0 aliphatic rings. The second-order valence-electron chi connectivity index (χ2n) is 6.08. The molecule has 8 nitrogen and oxygen atoms in total. The van der Waals surface area contributed by atoms with Crippen molar-refractivity contribution in [2.75, 3.05) is 33.8 Å². The molecule has 30 heavy (non-hydrogen) atoms. The monoisotopic (exact) mass is 415 g/mol. The highest BCUT2D eigenvalue weighted by atomic mass is 16.5. The number of esters is 1. The molecule has 2 rings (SSSR count). The molecule has 0 aliphatic carbocycles. The van der Waals surface area contributed by atoms with E-state index in [4.69, 9.17) is 23.7 Å². The summed E-state index contributed by atoms with van der Waals surface area (Å²) in [5, 5.41) is 2.67. The van der Waals surface area contributed by atoms with Crippen molar-refractivity contribution in [2.24, 2.45) is 0 Å². The van der Waals surface area contributed by atoms with E-state index < -0.39 is 18.0 Å². The van der Waals surface area contributed by atoms with Crippen LogP contribution in [0, 0.1) is 0 Å². The predicted octanol–water partition coefficient (Wildman–Crippen LogP) is 3.30. The summed E-state index contributed by atoms with van der Waals surface area (Å²) in [5.74, 6) is 0.987. The Balaban J connectivity index is 2.04. The molecule has 2 aromatic rings. The summed E-state index contributed by atoms with van der Waals surface area (Å²) in [6, 6.07) is 10.2. The van der Waals surface area contributed by atoms with Crippen LogP contribution in [-0.2, 0) is 14.3 Å². The highest BCUT2D eigenvalue weighted by molar-refractivity contribution is 5.97. The third kappa shape index (κ3) is 5.91. The van der Waals surface area contributed by atoms with Crippen LogP contribution in [0.4, 0.5) is 5.69 Å². The Hall–Kier alpha value is -3.68. The predicted molar refractivity (Wildman–Crippen MR) is 112 cm³/mol. The van der Waals surface area contributed by atoms with Crippen LogP contribution in [0.2, 0.25) is 0 Å². The van der Waals surface area contributed by atoms with Gasteiger partial charge in [0.2, 0.25) is 0 Å². The van der Waals surface area contributed by atoms with E-state index in [0.717, 1.165) is 0 Å². The summed E-state index contributed by atoms with van der Waals surface area (Å²) in [4.78, 5) is 24.6. The van der Waals surface area contributed by atoms with Gasteiger partial charge in [-0.05, 0) is 43.3 Å². The number of carbonyl (C=O) groups excluding carboxylic acids is 2. The maximum Gasteiger partial charge on any atom is 0.331 e. The van der Waals surface area contributed by atoms with E-state index in [2.05, 4.69) is 5.32 Å². The van der Waals surface area contributed by atoms with Gasteiger partial charge in [0.1, 0.15) is 23.0 Å². The molecule has 0 radical (unpaired) electrons. The van der Waals surface area contributed by atoms with Crippen LogP contribution >= 0.6 is 0 Å². The molecule has 1 amide bonds. The lowest BCUT2D eigenvalue weighted by molar-refractivity contribution is -0.148. The molecule has 2 aromatic carbocycles. The van der Waals surface area contributed by atoms with Crippen LogP contribution in [0.3, 0.4) is 0 Å². The number of benzene rings is 2. The first-order valence-electron chi connectivity index (χ1n) is 9.05. The number of ether oxygens (including phenoxy) is 5. The lowest BCUT2D eigenvalue weighted by Crippen LogP contribution is -2.29. The molecule has 160 valence electrons. The molecule has 1 N–H and O–H groups in total. The Labute approximate surface area is 175 Å². The topological polar surface area (TPSA) is 92.3 Å². The summed E-state index contributed by atoms with van der Waals surface area (Å²) in [6.07, 6.45) is 1.71. The second kappa shape index (κ2) is 10.8. The van der Waals surface area contributed by atoms with Gasteiger partial charge in [-0.1, -0.05) is 0 Å². The minimum atomic E-state index is -1.04. The Morgan fingerprint density at radius 1 is 0.867 bits per heavy atom. The van der Waals surface area contributed by atoms with Gasteiger partial charge in [-0.2, -0.15) is 0 Å². The molecule has 0 saturated carbocycles. The number of amides is 1. The van der Waals surface area contributed by atoms with Gasteiger partial charge < -0.3 is 29.0 Å². The third-order valence-electron chi connectivity index (χ3n) is 4.16. The van der Waals surface area contributed by atoms with E-state index in [1.807, 2.05) is 0 Å². The summed E-state index contributed by atoms with van der Waals surface area (Å²) in [6.45, 7) is 1.47. The lowest BCUT2D eigenvalue weighted by atomic mass is 10.1. The van der Waals surface area contributed by atoms with Crippen LogP contribution in [0.25, 0.3) is 6.08 Å². The molecule has 0 heterocycles. The highest BCUT2D eigenvalue weighted by Crippen LogP contribution is 2.29. The number of rotatable bonds is 9. The van der Waals surface area contributed by atoms with Crippen molar-refractivity contribution in [1.82, 2.24) is 0 Å². The zero-order valence-electron chi connectivity index (χ0n) is 17.6. The van der Waals surface area contributed by atoms with E-state index in [9.17, 15) is 9.59 Å². The largest absolute Gasteiger partial charge is 0.497 e. The first-order valence-corrected chi connectivity index (χ1v) is 9.05. The minimum absolute atomic E-state index is 0.404. The van der Waals surface area contributed by atoms with E-state index in [-0.39, 0.29) is 0 Å². The first kappa shape index (κ1) is 22.6.